The molecule has 0 bridgehead atoms. The lowest BCUT2D eigenvalue weighted by Crippen LogP contribution is -2.23. The van der Waals surface area contributed by atoms with Crippen molar-refractivity contribution in [1.29, 1.82) is 0 Å². The molecule has 28 heavy (non-hydrogen) atoms. The molecule has 1 saturated heterocycles. The van der Waals surface area contributed by atoms with Gasteiger partial charge in [-0.3, -0.25) is 9.78 Å². The first kappa shape index (κ1) is 18.1. The summed E-state index contributed by atoms with van der Waals surface area (Å²) in [5, 5.41) is 2.88. The number of rotatable bonds is 5. The van der Waals surface area contributed by atoms with Gasteiger partial charge in [0.2, 0.25) is 0 Å². The quantitative estimate of drug-likeness (QED) is 0.736. The van der Waals surface area contributed by atoms with E-state index in [-0.39, 0.29) is 11.7 Å². The number of nitrogens with zero attached hydrogens (tertiary/aromatic N) is 3. The monoisotopic (exact) mass is 376 g/mol. The Morgan fingerprint density at radius 3 is 2.57 bits per heavy atom. The Hall–Kier alpha value is -3.28. The molecule has 5 nitrogen and oxygen atoms in total. The summed E-state index contributed by atoms with van der Waals surface area (Å²) in [4.78, 5) is 23.9. The van der Waals surface area contributed by atoms with Crippen molar-refractivity contribution in [2.24, 2.45) is 0 Å². The number of aromatic nitrogens is 2. The largest absolute Gasteiger partial charge is 0.355 e. The van der Waals surface area contributed by atoms with Crippen LogP contribution in [0.2, 0.25) is 0 Å². The third kappa shape index (κ3) is 4.01. The van der Waals surface area contributed by atoms with Gasteiger partial charge in [0.05, 0.1) is 0 Å². The topological polar surface area (TPSA) is 58.1 Å². The molecule has 1 aliphatic heterocycles. The van der Waals surface area contributed by atoms with E-state index in [1.807, 2.05) is 18.2 Å². The number of carbonyl (C=O) groups is 1. The summed E-state index contributed by atoms with van der Waals surface area (Å²) >= 11 is 0. The van der Waals surface area contributed by atoms with E-state index in [1.165, 1.54) is 12.1 Å². The summed E-state index contributed by atoms with van der Waals surface area (Å²) in [6, 6.07) is 13.5. The number of anilines is 1. The molecule has 0 unspecified atom stereocenters. The molecule has 0 aliphatic carbocycles. The standard InChI is InChI=1S/C22H21FN4O/c23-19-8-6-16(7-9-19)15-26-22(28)18-5-3-4-17(14-18)20-21(25-11-10-24-20)27-12-1-2-13-27/h3-11,14H,1-2,12-13,15H2,(H,26,28). The molecular weight excluding hydrogens is 355 g/mol. The Morgan fingerprint density at radius 1 is 1.04 bits per heavy atom. The molecule has 142 valence electrons. The minimum absolute atomic E-state index is 0.183. The Kier molecular flexibility index (Phi) is 5.28. The van der Waals surface area contributed by atoms with Gasteiger partial charge in [0.15, 0.2) is 5.82 Å². The minimum Gasteiger partial charge on any atom is -0.355 e. The second-order valence-electron chi connectivity index (χ2n) is 6.81. The van der Waals surface area contributed by atoms with E-state index < -0.39 is 0 Å². The molecule has 1 N–H and O–H groups in total. The smallest absolute Gasteiger partial charge is 0.251 e. The average Bonchev–Trinajstić information content (AvgIpc) is 3.28. The Balaban J connectivity index is 1.53. The third-order valence-electron chi connectivity index (χ3n) is 4.85. The molecule has 0 spiro atoms. The van der Waals surface area contributed by atoms with Crippen LogP contribution in [0.1, 0.15) is 28.8 Å². The van der Waals surface area contributed by atoms with Crippen LogP contribution in [0.4, 0.5) is 10.2 Å². The van der Waals surface area contributed by atoms with Crippen LogP contribution in [0, 0.1) is 5.82 Å². The molecule has 3 aromatic rings. The second kappa shape index (κ2) is 8.17. The van der Waals surface area contributed by atoms with Crippen LogP contribution in [0.25, 0.3) is 11.3 Å². The van der Waals surface area contributed by atoms with Gasteiger partial charge < -0.3 is 10.2 Å². The molecule has 1 amide bonds. The van der Waals surface area contributed by atoms with Crippen LogP contribution in [0.3, 0.4) is 0 Å². The Labute approximate surface area is 163 Å². The van der Waals surface area contributed by atoms with E-state index in [0.29, 0.717) is 12.1 Å². The fraction of sp³-hybridized carbons (Fsp3) is 0.227. The van der Waals surface area contributed by atoms with E-state index in [9.17, 15) is 9.18 Å². The van der Waals surface area contributed by atoms with Crippen LogP contribution in [0.5, 0.6) is 0 Å². The van der Waals surface area contributed by atoms with E-state index in [4.69, 9.17) is 0 Å². The van der Waals surface area contributed by atoms with Crippen molar-refractivity contribution in [1.82, 2.24) is 15.3 Å². The summed E-state index contributed by atoms with van der Waals surface area (Å²) in [7, 11) is 0. The average molecular weight is 376 g/mol. The SMILES string of the molecule is O=C(NCc1ccc(F)cc1)c1cccc(-c2nccnc2N2CCCC2)c1. The van der Waals surface area contributed by atoms with Gasteiger partial charge in [-0.25, -0.2) is 9.37 Å². The van der Waals surface area contributed by atoms with Crippen LogP contribution >= 0.6 is 0 Å². The highest BCUT2D eigenvalue weighted by Gasteiger charge is 2.19. The van der Waals surface area contributed by atoms with Crippen LogP contribution in [-0.2, 0) is 6.54 Å². The fourth-order valence-corrected chi connectivity index (χ4v) is 3.39. The lowest BCUT2D eigenvalue weighted by atomic mass is 10.1. The summed E-state index contributed by atoms with van der Waals surface area (Å²) in [6.07, 6.45) is 5.69. The van der Waals surface area contributed by atoms with Crippen LogP contribution < -0.4 is 10.2 Å². The molecule has 4 rings (SSSR count). The fourth-order valence-electron chi connectivity index (χ4n) is 3.39. The number of benzene rings is 2. The van der Waals surface area contributed by atoms with Gasteiger partial charge >= 0.3 is 0 Å². The summed E-state index contributed by atoms with van der Waals surface area (Å²) in [5.41, 5.74) is 3.05. The first-order valence-electron chi connectivity index (χ1n) is 9.40. The predicted octanol–water partition coefficient (Wildman–Crippen LogP) is 3.81. The maximum atomic E-state index is 13.0. The summed E-state index contributed by atoms with van der Waals surface area (Å²) < 4.78 is 13.0. The number of hydrogen-bond donors (Lipinski definition) is 1. The van der Waals surface area contributed by atoms with E-state index in [0.717, 1.165) is 48.6 Å². The summed E-state index contributed by atoms with van der Waals surface area (Å²) in [6.45, 7) is 2.29. The van der Waals surface area contributed by atoms with Gasteiger partial charge in [0.1, 0.15) is 11.5 Å². The zero-order valence-electron chi connectivity index (χ0n) is 15.4. The molecule has 0 saturated carbocycles. The molecule has 1 aliphatic rings. The first-order valence-corrected chi connectivity index (χ1v) is 9.40. The predicted molar refractivity (Wildman–Crippen MR) is 106 cm³/mol. The van der Waals surface area contributed by atoms with Crippen molar-refractivity contribution in [3.05, 3.63) is 77.9 Å². The normalized spacial score (nSPS) is 13.5. The molecule has 2 aromatic carbocycles. The minimum atomic E-state index is -0.291. The van der Waals surface area contributed by atoms with Crippen molar-refractivity contribution < 1.29 is 9.18 Å². The molecular formula is C22H21FN4O. The van der Waals surface area contributed by atoms with Crippen molar-refractivity contribution in [3.63, 3.8) is 0 Å². The van der Waals surface area contributed by atoms with Gasteiger partial charge in [-0.1, -0.05) is 24.3 Å². The van der Waals surface area contributed by atoms with Crippen molar-refractivity contribution in [2.45, 2.75) is 19.4 Å². The molecule has 0 radical (unpaired) electrons. The lowest BCUT2D eigenvalue weighted by Gasteiger charge is -2.19. The van der Waals surface area contributed by atoms with E-state index >= 15 is 0 Å². The highest BCUT2D eigenvalue weighted by atomic mass is 19.1. The summed E-state index contributed by atoms with van der Waals surface area (Å²) in [5.74, 6) is 0.391. The van der Waals surface area contributed by atoms with Crippen molar-refractivity contribution >= 4 is 11.7 Å². The molecule has 1 aromatic heterocycles. The number of carbonyl (C=O) groups excluding carboxylic acids is 1. The zero-order valence-corrected chi connectivity index (χ0v) is 15.4. The molecule has 6 heteroatoms. The van der Waals surface area contributed by atoms with Gasteiger partial charge in [0, 0.05) is 43.2 Å². The second-order valence-corrected chi connectivity index (χ2v) is 6.81. The number of halogens is 1. The first-order chi connectivity index (χ1) is 13.7. The van der Waals surface area contributed by atoms with Crippen LogP contribution in [0.15, 0.2) is 60.9 Å². The number of nitrogens with one attached hydrogen (secondary N) is 1. The van der Waals surface area contributed by atoms with Crippen LogP contribution in [-0.4, -0.2) is 29.0 Å². The number of hydrogen-bond acceptors (Lipinski definition) is 4. The third-order valence-corrected chi connectivity index (χ3v) is 4.85. The molecule has 1 fully saturated rings. The lowest BCUT2D eigenvalue weighted by molar-refractivity contribution is 0.0951. The highest BCUT2D eigenvalue weighted by molar-refractivity contribution is 5.95. The Bertz CT molecular complexity index is 968. The van der Waals surface area contributed by atoms with E-state index in [2.05, 4.69) is 20.2 Å². The Morgan fingerprint density at radius 2 is 1.79 bits per heavy atom. The van der Waals surface area contributed by atoms with Gasteiger partial charge in [-0.2, -0.15) is 0 Å². The highest BCUT2D eigenvalue weighted by Crippen LogP contribution is 2.29. The molecule has 0 atom stereocenters. The van der Waals surface area contributed by atoms with Gasteiger partial charge in [-0.05, 0) is 42.7 Å². The van der Waals surface area contributed by atoms with E-state index in [1.54, 1.807) is 30.6 Å². The maximum absolute atomic E-state index is 13.0. The number of amides is 1. The van der Waals surface area contributed by atoms with Gasteiger partial charge in [-0.15, -0.1) is 0 Å². The van der Waals surface area contributed by atoms with Gasteiger partial charge in [0.25, 0.3) is 5.91 Å². The zero-order chi connectivity index (χ0) is 19.3. The van der Waals surface area contributed by atoms with Crippen molar-refractivity contribution in [2.75, 3.05) is 18.0 Å². The molecule has 2 heterocycles. The maximum Gasteiger partial charge on any atom is 0.251 e. The van der Waals surface area contributed by atoms with Crippen molar-refractivity contribution in [3.8, 4) is 11.3 Å².